The van der Waals surface area contributed by atoms with E-state index in [1.807, 2.05) is 0 Å². The second-order valence-corrected chi connectivity index (χ2v) is 9.53. The Balaban J connectivity index is 2.09. The van der Waals surface area contributed by atoms with Crippen LogP contribution in [0.3, 0.4) is 0 Å². The standard InChI is InChI=1S/C17H30N4O5S/c1-12(22)21-9-8-20(27(2,25)26)11-15(21)17(24)19-14(16(18)23)10-13-6-4-3-5-7-13/h13-15H,3-11H2,1-2H3,(H2,18,23)(H,19,24)/t14-,15+/m0/s1. The van der Waals surface area contributed by atoms with Gasteiger partial charge in [0.15, 0.2) is 0 Å². The third kappa shape index (κ3) is 5.90. The van der Waals surface area contributed by atoms with Crippen LogP contribution in [0.1, 0.15) is 45.4 Å². The van der Waals surface area contributed by atoms with Gasteiger partial charge >= 0.3 is 0 Å². The van der Waals surface area contributed by atoms with E-state index in [0.29, 0.717) is 12.3 Å². The number of carbonyl (C=O) groups is 3. The van der Waals surface area contributed by atoms with Gasteiger partial charge in [0.2, 0.25) is 27.7 Å². The van der Waals surface area contributed by atoms with Crippen LogP contribution in [0.25, 0.3) is 0 Å². The summed E-state index contributed by atoms with van der Waals surface area (Å²) in [6, 6.07) is -1.79. The van der Waals surface area contributed by atoms with Crippen molar-refractivity contribution in [2.24, 2.45) is 11.7 Å². The van der Waals surface area contributed by atoms with Crippen molar-refractivity contribution in [3.63, 3.8) is 0 Å². The highest BCUT2D eigenvalue weighted by atomic mass is 32.2. The van der Waals surface area contributed by atoms with Gasteiger partial charge in [-0.3, -0.25) is 14.4 Å². The van der Waals surface area contributed by atoms with Crippen molar-refractivity contribution in [1.82, 2.24) is 14.5 Å². The number of sulfonamides is 1. The van der Waals surface area contributed by atoms with E-state index in [9.17, 15) is 22.8 Å². The Hall–Kier alpha value is -1.68. The number of carbonyl (C=O) groups excluding carboxylic acids is 3. The SMILES string of the molecule is CC(=O)N1CCN(S(C)(=O)=O)C[C@@H]1C(=O)N[C@@H](CC1CCCCC1)C(N)=O. The monoisotopic (exact) mass is 402 g/mol. The molecule has 1 aliphatic carbocycles. The lowest BCUT2D eigenvalue weighted by Gasteiger charge is -2.39. The van der Waals surface area contributed by atoms with Gasteiger partial charge in [-0.25, -0.2) is 8.42 Å². The van der Waals surface area contributed by atoms with Gasteiger partial charge in [-0.2, -0.15) is 4.31 Å². The molecule has 1 saturated carbocycles. The van der Waals surface area contributed by atoms with E-state index in [1.165, 1.54) is 22.5 Å². The zero-order valence-corrected chi connectivity index (χ0v) is 16.8. The maximum Gasteiger partial charge on any atom is 0.244 e. The number of nitrogens with two attached hydrogens (primary N) is 1. The van der Waals surface area contributed by atoms with E-state index in [2.05, 4.69) is 5.32 Å². The molecule has 0 aromatic rings. The molecular weight excluding hydrogens is 372 g/mol. The Morgan fingerprint density at radius 1 is 1.15 bits per heavy atom. The number of hydrogen-bond donors (Lipinski definition) is 2. The lowest BCUT2D eigenvalue weighted by Crippen LogP contribution is -2.62. The van der Waals surface area contributed by atoms with E-state index < -0.39 is 33.9 Å². The van der Waals surface area contributed by atoms with E-state index >= 15 is 0 Å². The first-order valence-electron chi connectivity index (χ1n) is 9.41. The third-order valence-corrected chi connectivity index (χ3v) is 6.74. The van der Waals surface area contributed by atoms with Crippen LogP contribution >= 0.6 is 0 Å². The molecule has 27 heavy (non-hydrogen) atoms. The first-order chi connectivity index (χ1) is 12.6. The molecule has 2 fully saturated rings. The Labute approximate surface area is 160 Å². The minimum atomic E-state index is -3.49. The maximum atomic E-state index is 12.8. The summed E-state index contributed by atoms with van der Waals surface area (Å²) in [5.74, 6) is -1.14. The van der Waals surface area contributed by atoms with Crippen LogP contribution in [-0.2, 0) is 24.4 Å². The molecule has 1 aliphatic heterocycles. The summed E-state index contributed by atoms with van der Waals surface area (Å²) >= 11 is 0. The van der Waals surface area contributed by atoms with Crippen LogP contribution in [0.5, 0.6) is 0 Å². The quantitative estimate of drug-likeness (QED) is 0.614. The van der Waals surface area contributed by atoms with Crippen LogP contribution in [0.2, 0.25) is 0 Å². The van der Waals surface area contributed by atoms with Crippen molar-refractivity contribution in [3.8, 4) is 0 Å². The number of amides is 3. The first-order valence-corrected chi connectivity index (χ1v) is 11.3. The Kier molecular flexibility index (Phi) is 7.21. The fourth-order valence-corrected chi connectivity index (χ4v) is 4.76. The fraction of sp³-hybridized carbons (Fsp3) is 0.824. The highest BCUT2D eigenvalue weighted by molar-refractivity contribution is 7.88. The van der Waals surface area contributed by atoms with E-state index in [1.54, 1.807) is 0 Å². The normalized spacial score (nSPS) is 23.6. The molecule has 9 nitrogen and oxygen atoms in total. The fourth-order valence-electron chi connectivity index (χ4n) is 3.93. The summed E-state index contributed by atoms with van der Waals surface area (Å²) < 4.78 is 24.9. The van der Waals surface area contributed by atoms with Crippen LogP contribution in [0.15, 0.2) is 0 Å². The highest BCUT2D eigenvalue weighted by Crippen LogP contribution is 2.27. The van der Waals surface area contributed by atoms with Gasteiger partial charge in [-0.1, -0.05) is 32.1 Å². The number of hydrogen-bond acceptors (Lipinski definition) is 5. The van der Waals surface area contributed by atoms with Crippen molar-refractivity contribution in [2.75, 3.05) is 25.9 Å². The number of nitrogens with zero attached hydrogens (tertiary/aromatic N) is 2. The topological polar surface area (TPSA) is 130 Å². The van der Waals surface area contributed by atoms with Crippen LogP contribution in [0.4, 0.5) is 0 Å². The van der Waals surface area contributed by atoms with E-state index in [4.69, 9.17) is 5.73 Å². The molecule has 2 aliphatic rings. The molecule has 0 aromatic heterocycles. The highest BCUT2D eigenvalue weighted by Gasteiger charge is 2.38. The Morgan fingerprint density at radius 2 is 1.78 bits per heavy atom. The second kappa shape index (κ2) is 9.01. The average Bonchev–Trinajstić information content (AvgIpc) is 2.60. The van der Waals surface area contributed by atoms with Crippen molar-refractivity contribution in [3.05, 3.63) is 0 Å². The number of primary amides is 1. The predicted molar refractivity (Wildman–Crippen MR) is 99.9 cm³/mol. The Bertz CT molecular complexity index is 675. The summed E-state index contributed by atoms with van der Waals surface area (Å²) in [6.07, 6.45) is 6.95. The average molecular weight is 403 g/mol. The first kappa shape index (κ1) is 21.6. The summed E-state index contributed by atoms with van der Waals surface area (Å²) in [5.41, 5.74) is 5.48. The van der Waals surface area contributed by atoms with Gasteiger partial charge < -0.3 is 16.0 Å². The Morgan fingerprint density at radius 3 is 2.30 bits per heavy atom. The van der Waals surface area contributed by atoms with Crippen LogP contribution in [0, 0.1) is 5.92 Å². The molecule has 10 heteroatoms. The molecule has 0 unspecified atom stereocenters. The second-order valence-electron chi connectivity index (χ2n) is 7.55. The van der Waals surface area contributed by atoms with Gasteiger partial charge in [0.25, 0.3) is 0 Å². The van der Waals surface area contributed by atoms with Crippen molar-refractivity contribution >= 4 is 27.7 Å². The minimum Gasteiger partial charge on any atom is -0.368 e. The van der Waals surface area contributed by atoms with Gasteiger partial charge in [-0.15, -0.1) is 0 Å². The van der Waals surface area contributed by atoms with Gasteiger partial charge in [0.05, 0.1) is 6.26 Å². The molecule has 2 rings (SSSR count). The zero-order chi connectivity index (χ0) is 20.2. The molecule has 0 bridgehead atoms. The molecule has 154 valence electrons. The lowest BCUT2D eigenvalue weighted by molar-refractivity contribution is -0.142. The van der Waals surface area contributed by atoms with E-state index in [0.717, 1.165) is 31.9 Å². The smallest absolute Gasteiger partial charge is 0.244 e. The van der Waals surface area contributed by atoms with Gasteiger partial charge in [-0.05, 0) is 12.3 Å². The predicted octanol–water partition coefficient (Wildman–Crippen LogP) is -0.581. The molecule has 1 heterocycles. The minimum absolute atomic E-state index is 0.126. The molecule has 1 saturated heterocycles. The zero-order valence-electron chi connectivity index (χ0n) is 16.0. The van der Waals surface area contributed by atoms with Crippen molar-refractivity contribution in [1.29, 1.82) is 0 Å². The van der Waals surface area contributed by atoms with Crippen LogP contribution < -0.4 is 11.1 Å². The van der Waals surface area contributed by atoms with Crippen molar-refractivity contribution < 1.29 is 22.8 Å². The van der Waals surface area contributed by atoms with Gasteiger partial charge in [0, 0.05) is 26.6 Å². The van der Waals surface area contributed by atoms with Crippen molar-refractivity contribution in [2.45, 2.75) is 57.5 Å². The van der Waals surface area contributed by atoms with E-state index in [-0.39, 0.29) is 25.5 Å². The molecule has 2 atom stereocenters. The number of nitrogens with one attached hydrogen (secondary N) is 1. The molecular formula is C17H30N4O5S. The molecule has 0 spiro atoms. The molecule has 3 N–H and O–H groups in total. The maximum absolute atomic E-state index is 12.8. The number of rotatable bonds is 6. The van der Waals surface area contributed by atoms with Gasteiger partial charge in [0.1, 0.15) is 12.1 Å². The molecule has 0 aromatic carbocycles. The number of piperazine rings is 1. The summed E-state index contributed by atoms with van der Waals surface area (Å²) in [4.78, 5) is 37.9. The molecule has 0 radical (unpaired) electrons. The third-order valence-electron chi connectivity index (χ3n) is 5.47. The summed E-state index contributed by atoms with van der Waals surface area (Å²) in [5, 5.41) is 2.66. The lowest BCUT2D eigenvalue weighted by atomic mass is 9.84. The summed E-state index contributed by atoms with van der Waals surface area (Å²) in [6.45, 7) is 1.48. The largest absolute Gasteiger partial charge is 0.368 e. The molecule has 3 amide bonds. The summed E-state index contributed by atoms with van der Waals surface area (Å²) in [7, 11) is -3.49. The van der Waals surface area contributed by atoms with Crippen LogP contribution in [-0.4, -0.2) is 73.3 Å².